The van der Waals surface area contributed by atoms with Crippen LogP contribution in [-0.2, 0) is 0 Å². The van der Waals surface area contributed by atoms with E-state index in [-0.39, 0.29) is 6.10 Å². The smallest absolute Gasteiger partial charge is 0.145 e. The minimum Gasteiger partial charge on any atom is -0.491 e. The molecule has 0 bridgehead atoms. The van der Waals surface area contributed by atoms with E-state index in [0.717, 1.165) is 17.9 Å². The molecule has 0 radical (unpaired) electrons. The average Bonchev–Trinajstić information content (AvgIpc) is 2.41. The van der Waals surface area contributed by atoms with Crippen LogP contribution in [0.5, 0.6) is 5.75 Å². The topological polar surface area (TPSA) is 34.2 Å². The molecule has 1 N–H and O–H groups in total. The maximum atomic E-state index is 6.28. The zero-order chi connectivity index (χ0) is 15.4. The number of benzene rings is 1. The molecule has 0 fully saturated rings. The summed E-state index contributed by atoms with van der Waals surface area (Å²) in [5, 5.41) is 4.16. The number of nitrogens with one attached hydrogen (secondary N) is 1. The molecule has 0 aliphatic heterocycles. The SMILES string of the molecule is CCNc1nc(-c2cccc(OC(C)C)c2)c(Cl)cc1Cl. The highest BCUT2D eigenvalue weighted by molar-refractivity contribution is 6.37. The number of ether oxygens (including phenoxy) is 1. The van der Waals surface area contributed by atoms with Crippen molar-refractivity contribution in [3.05, 3.63) is 40.4 Å². The summed E-state index contributed by atoms with van der Waals surface area (Å²) in [5.41, 5.74) is 1.58. The molecular weight excluding hydrogens is 307 g/mol. The third-order valence-electron chi connectivity index (χ3n) is 2.75. The van der Waals surface area contributed by atoms with Gasteiger partial charge >= 0.3 is 0 Å². The number of rotatable bonds is 5. The van der Waals surface area contributed by atoms with Crippen LogP contribution in [0.3, 0.4) is 0 Å². The second kappa shape index (κ2) is 7.01. The molecule has 2 aromatic rings. The minimum absolute atomic E-state index is 0.117. The van der Waals surface area contributed by atoms with Gasteiger partial charge in [0.15, 0.2) is 0 Å². The lowest BCUT2D eigenvalue weighted by Crippen LogP contribution is -2.05. The molecule has 0 amide bonds. The lowest BCUT2D eigenvalue weighted by molar-refractivity contribution is 0.242. The van der Waals surface area contributed by atoms with Gasteiger partial charge in [0.25, 0.3) is 0 Å². The normalized spacial score (nSPS) is 10.8. The quantitative estimate of drug-likeness (QED) is 0.812. The van der Waals surface area contributed by atoms with Crippen LogP contribution in [0.15, 0.2) is 30.3 Å². The average molecular weight is 325 g/mol. The minimum atomic E-state index is 0.117. The largest absolute Gasteiger partial charge is 0.491 e. The fraction of sp³-hybridized carbons (Fsp3) is 0.312. The van der Waals surface area contributed by atoms with Crippen LogP contribution in [0.4, 0.5) is 5.82 Å². The van der Waals surface area contributed by atoms with Crippen molar-refractivity contribution in [2.75, 3.05) is 11.9 Å². The van der Waals surface area contributed by atoms with Crippen molar-refractivity contribution in [1.29, 1.82) is 0 Å². The summed E-state index contributed by atoms with van der Waals surface area (Å²) < 4.78 is 5.71. The Bertz CT molecular complexity index is 630. The zero-order valence-corrected chi connectivity index (χ0v) is 13.8. The van der Waals surface area contributed by atoms with E-state index in [1.807, 2.05) is 45.0 Å². The van der Waals surface area contributed by atoms with E-state index in [2.05, 4.69) is 10.3 Å². The Morgan fingerprint density at radius 3 is 2.62 bits per heavy atom. The van der Waals surface area contributed by atoms with Gasteiger partial charge in [-0.25, -0.2) is 4.98 Å². The molecular formula is C16H18Cl2N2O. The molecule has 21 heavy (non-hydrogen) atoms. The predicted octanol–water partition coefficient (Wildman–Crippen LogP) is 5.27. The van der Waals surface area contributed by atoms with Crippen LogP contribution in [0.2, 0.25) is 10.0 Å². The molecule has 0 aliphatic carbocycles. The molecule has 0 saturated heterocycles. The molecule has 1 aromatic heterocycles. The Labute approximate surface area is 135 Å². The van der Waals surface area contributed by atoms with Gasteiger partial charge in [0.1, 0.15) is 11.6 Å². The van der Waals surface area contributed by atoms with E-state index in [0.29, 0.717) is 21.6 Å². The van der Waals surface area contributed by atoms with Crippen LogP contribution in [-0.4, -0.2) is 17.6 Å². The fourth-order valence-corrected chi connectivity index (χ4v) is 2.48. The first-order valence-corrected chi connectivity index (χ1v) is 7.64. The number of aromatic nitrogens is 1. The van der Waals surface area contributed by atoms with Gasteiger partial charge in [-0.1, -0.05) is 35.3 Å². The van der Waals surface area contributed by atoms with E-state index in [1.54, 1.807) is 6.07 Å². The van der Waals surface area contributed by atoms with E-state index in [1.165, 1.54) is 0 Å². The summed E-state index contributed by atoms with van der Waals surface area (Å²) in [6.45, 7) is 6.71. The number of anilines is 1. The van der Waals surface area contributed by atoms with E-state index < -0.39 is 0 Å². The van der Waals surface area contributed by atoms with Gasteiger partial charge in [-0.2, -0.15) is 0 Å². The predicted molar refractivity (Wildman–Crippen MR) is 89.6 cm³/mol. The number of hydrogen-bond donors (Lipinski definition) is 1. The van der Waals surface area contributed by atoms with Crippen molar-refractivity contribution in [2.24, 2.45) is 0 Å². The van der Waals surface area contributed by atoms with Gasteiger partial charge in [-0.05, 0) is 39.0 Å². The van der Waals surface area contributed by atoms with Crippen molar-refractivity contribution >= 4 is 29.0 Å². The Kier molecular flexibility index (Phi) is 5.32. The monoisotopic (exact) mass is 324 g/mol. The van der Waals surface area contributed by atoms with Gasteiger partial charge in [0.05, 0.1) is 21.8 Å². The number of halogens is 2. The van der Waals surface area contributed by atoms with Crippen LogP contribution in [0, 0.1) is 0 Å². The van der Waals surface area contributed by atoms with Crippen LogP contribution in [0.25, 0.3) is 11.3 Å². The summed E-state index contributed by atoms with van der Waals surface area (Å²) in [5.74, 6) is 1.43. The molecule has 0 spiro atoms. The molecule has 112 valence electrons. The van der Waals surface area contributed by atoms with E-state index in [9.17, 15) is 0 Å². The van der Waals surface area contributed by atoms with Crippen molar-refractivity contribution in [2.45, 2.75) is 26.9 Å². The molecule has 2 rings (SSSR count). The molecule has 5 heteroatoms. The lowest BCUT2D eigenvalue weighted by Gasteiger charge is -2.13. The highest BCUT2D eigenvalue weighted by Crippen LogP contribution is 2.33. The molecule has 0 unspecified atom stereocenters. The van der Waals surface area contributed by atoms with E-state index >= 15 is 0 Å². The van der Waals surface area contributed by atoms with Gasteiger partial charge in [0.2, 0.25) is 0 Å². The second-order valence-electron chi connectivity index (χ2n) is 4.87. The summed E-state index contributed by atoms with van der Waals surface area (Å²) in [6.07, 6.45) is 0.117. The van der Waals surface area contributed by atoms with E-state index in [4.69, 9.17) is 27.9 Å². The Balaban J connectivity index is 2.43. The fourth-order valence-electron chi connectivity index (χ4n) is 1.95. The first-order valence-electron chi connectivity index (χ1n) is 6.88. The Hall–Kier alpha value is -1.45. The van der Waals surface area contributed by atoms with Gasteiger partial charge in [-0.3, -0.25) is 0 Å². The maximum Gasteiger partial charge on any atom is 0.145 e. The van der Waals surface area contributed by atoms with Crippen molar-refractivity contribution in [1.82, 2.24) is 4.98 Å². The van der Waals surface area contributed by atoms with Crippen LogP contribution >= 0.6 is 23.2 Å². The second-order valence-corrected chi connectivity index (χ2v) is 5.69. The number of hydrogen-bond acceptors (Lipinski definition) is 3. The summed E-state index contributed by atoms with van der Waals surface area (Å²) in [4.78, 5) is 4.52. The zero-order valence-electron chi connectivity index (χ0n) is 12.3. The molecule has 0 aliphatic rings. The lowest BCUT2D eigenvalue weighted by atomic mass is 10.1. The van der Waals surface area contributed by atoms with Crippen LogP contribution in [0.1, 0.15) is 20.8 Å². The number of nitrogens with zero attached hydrogens (tertiary/aromatic N) is 1. The maximum absolute atomic E-state index is 6.28. The van der Waals surface area contributed by atoms with Gasteiger partial charge < -0.3 is 10.1 Å². The van der Waals surface area contributed by atoms with Crippen LogP contribution < -0.4 is 10.1 Å². The third kappa shape index (κ3) is 4.02. The third-order valence-corrected chi connectivity index (χ3v) is 3.33. The molecule has 0 atom stereocenters. The molecule has 0 saturated carbocycles. The molecule has 1 aromatic carbocycles. The Morgan fingerprint density at radius 1 is 1.19 bits per heavy atom. The summed E-state index contributed by atoms with van der Waals surface area (Å²) in [6, 6.07) is 9.42. The van der Waals surface area contributed by atoms with Gasteiger partial charge in [-0.15, -0.1) is 0 Å². The van der Waals surface area contributed by atoms with Crippen molar-refractivity contribution < 1.29 is 4.74 Å². The van der Waals surface area contributed by atoms with Crippen molar-refractivity contribution in [3.63, 3.8) is 0 Å². The highest BCUT2D eigenvalue weighted by Gasteiger charge is 2.12. The van der Waals surface area contributed by atoms with Gasteiger partial charge in [0, 0.05) is 12.1 Å². The highest BCUT2D eigenvalue weighted by atomic mass is 35.5. The molecule has 1 heterocycles. The van der Waals surface area contributed by atoms with Crippen molar-refractivity contribution in [3.8, 4) is 17.0 Å². The Morgan fingerprint density at radius 2 is 1.95 bits per heavy atom. The molecule has 3 nitrogen and oxygen atoms in total. The number of pyridine rings is 1. The summed E-state index contributed by atoms with van der Waals surface area (Å²) in [7, 11) is 0. The standard InChI is InChI=1S/C16H18Cl2N2O/c1-4-19-16-14(18)9-13(17)15(20-16)11-6-5-7-12(8-11)21-10(2)3/h5-10H,4H2,1-3H3,(H,19,20). The first kappa shape index (κ1) is 15.9. The summed E-state index contributed by atoms with van der Waals surface area (Å²) >= 11 is 12.4. The first-order chi connectivity index (χ1) is 10.0.